The number of rotatable bonds is 3. The van der Waals surface area contributed by atoms with Crippen LogP contribution >= 0.6 is 0 Å². The van der Waals surface area contributed by atoms with Crippen LogP contribution in [0.4, 0.5) is 0 Å². The summed E-state index contributed by atoms with van der Waals surface area (Å²) in [7, 11) is 0. The minimum absolute atomic E-state index is 0.0506. The van der Waals surface area contributed by atoms with E-state index in [4.69, 9.17) is 4.84 Å². The number of carbonyl (C=O) groups is 1. The Hall–Kier alpha value is -1.93. The molecule has 0 atom stereocenters. The van der Waals surface area contributed by atoms with Gasteiger partial charge in [0.05, 0.1) is 5.57 Å². The van der Waals surface area contributed by atoms with Gasteiger partial charge < -0.3 is 15.4 Å². The normalized spacial score (nSPS) is 20.8. The van der Waals surface area contributed by atoms with Crippen LogP contribution in [0.25, 0.3) is 5.57 Å². The molecule has 1 aromatic rings. The molecule has 1 spiro atoms. The molecule has 7 heteroatoms. The SMILES string of the molecule is Cc1cc(C)c(C2=C(O)C3(CCN(O)CC3)N(OCO)C2=O)cc1C. The minimum atomic E-state index is -1.06. The van der Waals surface area contributed by atoms with Gasteiger partial charge >= 0.3 is 0 Å². The van der Waals surface area contributed by atoms with Crippen LogP contribution in [0.5, 0.6) is 0 Å². The van der Waals surface area contributed by atoms with Crippen molar-refractivity contribution < 1.29 is 25.1 Å². The number of piperidine rings is 1. The minimum Gasteiger partial charge on any atom is -0.509 e. The summed E-state index contributed by atoms with van der Waals surface area (Å²) in [5, 5.41) is 32.1. The Labute approximate surface area is 146 Å². The molecule has 25 heavy (non-hydrogen) atoms. The van der Waals surface area contributed by atoms with Gasteiger partial charge in [0, 0.05) is 13.1 Å². The second-order valence-electron chi connectivity index (χ2n) is 6.82. The molecule has 1 aromatic carbocycles. The molecular formula is C18H24N2O5. The molecule has 0 bridgehead atoms. The number of nitrogens with zero attached hydrogens (tertiary/aromatic N) is 2. The summed E-state index contributed by atoms with van der Waals surface area (Å²) < 4.78 is 0. The molecule has 0 saturated carbocycles. The largest absolute Gasteiger partial charge is 0.509 e. The summed E-state index contributed by atoms with van der Waals surface area (Å²) in [6, 6.07) is 3.88. The Balaban J connectivity index is 2.14. The highest BCUT2D eigenvalue weighted by molar-refractivity contribution is 6.23. The number of aliphatic hydroxyl groups excluding tert-OH is 2. The number of hydrogen-bond donors (Lipinski definition) is 3. The van der Waals surface area contributed by atoms with Crippen molar-refractivity contribution in [2.75, 3.05) is 19.9 Å². The van der Waals surface area contributed by atoms with Crippen LogP contribution in [-0.2, 0) is 9.63 Å². The number of aliphatic hydroxyl groups is 2. The van der Waals surface area contributed by atoms with Crippen molar-refractivity contribution in [3.8, 4) is 0 Å². The number of amides is 1. The second-order valence-corrected chi connectivity index (χ2v) is 6.82. The van der Waals surface area contributed by atoms with Gasteiger partial charge in [0.2, 0.25) is 0 Å². The van der Waals surface area contributed by atoms with Gasteiger partial charge in [0.15, 0.2) is 6.79 Å². The van der Waals surface area contributed by atoms with Gasteiger partial charge in [0.25, 0.3) is 5.91 Å². The summed E-state index contributed by atoms with van der Waals surface area (Å²) in [6.07, 6.45) is 0.628. The van der Waals surface area contributed by atoms with Gasteiger partial charge in [-0.2, -0.15) is 5.06 Å². The predicted octanol–water partition coefficient (Wildman–Crippen LogP) is 1.83. The molecular weight excluding hydrogens is 324 g/mol. The zero-order chi connectivity index (χ0) is 18.4. The highest BCUT2D eigenvalue weighted by Gasteiger charge is 2.55. The van der Waals surface area contributed by atoms with Gasteiger partial charge in [-0.3, -0.25) is 4.79 Å². The Bertz CT molecular complexity index is 735. The van der Waals surface area contributed by atoms with Crippen molar-refractivity contribution in [3.63, 3.8) is 0 Å². The maximum absolute atomic E-state index is 13.0. The van der Waals surface area contributed by atoms with E-state index < -0.39 is 18.2 Å². The van der Waals surface area contributed by atoms with E-state index in [1.54, 1.807) is 0 Å². The van der Waals surface area contributed by atoms with Crippen LogP contribution in [0, 0.1) is 20.8 Å². The molecule has 1 amide bonds. The van der Waals surface area contributed by atoms with Gasteiger partial charge in [-0.25, -0.2) is 9.90 Å². The van der Waals surface area contributed by atoms with Crippen LogP contribution in [-0.4, -0.2) is 56.9 Å². The zero-order valence-corrected chi connectivity index (χ0v) is 14.7. The van der Waals surface area contributed by atoms with Crippen molar-refractivity contribution in [2.45, 2.75) is 39.2 Å². The molecule has 2 aliphatic heterocycles. The van der Waals surface area contributed by atoms with Gasteiger partial charge in [-0.05, 0) is 55.9 Å². The van der Waals surface area contributed by atoms with Crippen LogP contribution in [0.3, 0.4) is 0 Å². The average Bonchev–Trinajstić information content (AvgIpc) is 2.76. The highest BCUT2D eigenvalue weighted by atomic mass is 16.7. The number of carbonyl (C=O) groups excluding carboxylic acids is 1. The molecule has 0 aliphatic carbocycles. The van der Waals surface area contributed by atoms with Gasteiger partial charge in [-0.15, -0.1) is 0 Å². The van der Waals surface area contributed by atoms with Crippen LogP contribution in [0.15, 0.2) is 17.9 Å². The first-order chi connectivity index (χ1) is 11.8. The van der Waals surface area contributed by atoms with Crippen LogP contribution in [0.2, 0.25) is 0 Å². The van der Waals surface area contributed by atoms with Crippen molar-refractivity contribution in [1.29, 1.82) is 0 Å². The van der Waals surface area contributed by atoms with E-state index in [9.17, 15) is 20.2 Å². The van der Waals surface area contributed by atoms with Gasteiger partial charge in [0.1, 0.15) is 11.3 Å². The summed E-state index contributed by atoms with van der Waals surface area (Å²) in [5.41, 5.74) is 2.84. The fraction of sp³-hybridized carbons (Fsp3) is 0.500. The fourth-order valence-electron chi connectivity index (χ4n) is 3.74. The molecule has 1 fully saturated rings. The first-order valence-electron chi connectivity index (χ1n) is 8.36. The standard InChI is InChI=1S/C18H24N2O5/c1-11-8-13(3)14(9-12(11)2)15-16(22)18(4-6-19(24)7-5-18)20(17(15)23)25-10-21/h8-9,21-22,24H,4-7,10H2,1-3H3. The van der Waals surface area contributed by atoms with Crippen molar-refractivity contribution in [3.05, 3.63) is 40.1 Å². The zero-order valence-electron chi connectivity index (χ0n) is 14.7. The second kappa shape index (κ2) is 6.42. The molecule has 3 N–H and O–H groups in total. The molecule has 0 unspecified atom stereocenters. The van der Waals surface area contributed by atoms with Crippen molar-refractivity contribution in [2.24, 2.45) is 0 Å². The van der Waals surface area contributed by atoms with E-state index in [2.05, 4.69) is 0 Å². The Morgan fingerprint density at radius 2 is 1.72 bits per heavy atom. The predicted molar refractivity (Wildman–Crippen MR) is 90.5 cm³/mol. The third kappa shape index (κ3) is 2.73. The molecule has 2 heterocycles. The third-order valence-electron chi connectivity index (χ3n) is 5.33. The number of hydroxylamine groups is 4. The Morgan fingerprint density at radius 3 is 2.32 bits per heavy atom. The lowest BCUT2D eigenvalue weighted by Gasteiger charge is -2.41. The van der Waals surface area contributed by atoms with Crippen LogP contribution in [0.1, 0.15) is 35.1 Å². The lowest BCUT2D eigenvalue weighted by molar-refractivity contribution is -0.253. The maximum Gasteiger partial charge on any atom is 0.282 e. The average molecular weight is 348 g/mol. The summed E-state index contributed by atoms with van der Waals surface area (Å²) >= 11 is 0. The monoisotopic (exact) mass is 348 g/mol. The van der Waals surface area contributed by atoms with Crippen molar-refractivity contribution >= 4 is 11.5 Å². The number of aryl methyl sites for hydroxylation is 3. The first-order valence-corrected chi connectivity index (χ1v) is 8.36. The van der Waals surface area contributed by atoms with Crippen LogP contribution < -0.4 is 0 Å². The lowest BCUT2D eigenvalue weighted by atomic mass is 9.85. The van der Waals surface area contributed by atoms with Gasteiger partial charge in [-0.1, -0.05) is 12.1 Å². The Morgan fingerprint density at radius 1 is 1.12 bits per heavy atom. The molecule has 0 aromatic heterocycles. The number of hydrogen-bond acceptors (Lipinski definition) is 6. The molecule has 1 saturated heterocycles. The quantitative estimate of drug-likeness (QED) is 0.722. The smallest absolute Gasteiger partial charge is 0.282 e. The Kier molecular flexibility index (Phi) is 4.59. The van der Waals surface area contributed by atoms with E-state index >= 15 is 0 Å². The van der Waals surface area contributed by atoms with E-state index in [1.165, 1.54) is 0 Å². The number of benzene rings is 1. The summed E-state index contributed by atoms with van der Waals surface area (Å²) in [5.74, 6) is -0.519. The van der Waals surface area contributed by atoms with E-state index in [1.807, 2.05) is 32.9 Å². The first kappa shape index (κ1) is 17.9. The molecule has 0 radical (unpaired) electrons. The molecule has 3 rings (SSSR count). The molecule has 2 aliphatic rings. The fourth-order valence-corrected chi connectivity index (χ4v) is 3.74. The maximum atomic E-state index is 13.0. The molecule has 136 valence electrons. The topological polar surface area (TPSA) is 93.5 Å². The molecule has 7 nitrogen and oxygen atoms in total. The highest BCUT2D eigenvalue weighted by Crippen LogP contribution is 2.45. The van der Waals surface area contributed by atoms with E-state index in [-0.39, 0.29) is 11.3 Å². The summed E-state index contributed by atoms with van der Waals surface area (Å²) in [6.45, 7) is 5.77. The summed E-state index contributed by atoms with van der Waals surface area (Å²) in [4.78, 5) is 18.2. The van der Waals surface area contributed by atoms with Crippen molar-refractivity contribution in [1.82, 2.24) is 10.1 Å². The lowest BCUT2D eigenvalue weighted by Crippen LogP contribution is -2.54. The van der Waals surface area contributed by atoms with E-state index in [0.29, 0.717) is 31.5 Å². The third-order valence-corrected chi connectivity index (χ3v) is 5.33. The van der Waals surface area contributed by atoms with E-state index in [0.717, 1.165) is 26.8 Å².